The Morgan fingerprint density at radius 1 is 1.50 bits per heavy atom. The Labute approximate surface area is 73.9 Å². The lowest BCUT2D eigenvalue weighted by Crippen LogP contribution is -2.30. The molecule has 1 aliphatic rings. The van der Waals surface area contributed by atoms with Gasteiger partial charge in [0.1, 0.15) is 0 Å². The molecule has 1 atom stereocenters. The smallest absolute Gasteiger partial charge is 0.0666 e. The summed E-state index contributed by atoms with van der Waals surface area (Å²) in [7, 11) is 0. The first kappa shape index (κ1) is 9.50. The topological polar surface area (TPSA) is 36.3 Å². The van der Waals surface area contributed by atoms with E-state index in [9.17, 15) is 0 Å². The molecule has 0 aliphatic carbocycles. The van der Waals surface area contributed by atoms with Crippen LogP contribution < -0.4 is 0 Å². The summed E-state index contributed by atoms with van der Waals surface area (Å²) in [5, 5.41) is 8.63. The second kappa shape index (κ2) is 5.13. The predicted octanol–water partition coefficient (Wildman–Crippen LogP) is 0.868. The van der Waals surface area contributed by atoms with E-state index in [0.717, 1.165) is 39.3 Å². The minimum atomic E-state index is 0.142. The predicted molar refractivity (Wildman–Crippen MR) is 46.7 cm³/mol. The molecule has 0 radical (unpaired) electrons. The largest absolute Gasteiger partial charge is 0.380 e. The normalized spacial score (nSPS) is 22.7. The van der Waals surface area contributed by atoms with Crippen LogP contribution in [0.25, 0.3) is 0 Å². The van der Waals surface area contributed by atoms with Crippen molar-refractivity contribution in [3.05, 3.63) is 0 Å². The van der Waals surface area contributed by atoms with Gasteiger partial charge in [-0.05, 0) is 13.3 Å². The zero-order valence-corrected chi connectivity index (χ0v) is 7.62. The fourth-order valence-corrected chi connectivity index (χ4v) is 1.41. The van der Waals surface area contributed by atoms with Gasteiger partial charge >= 0.3 is 0 Å². The van der Waals surface area contributed by atoms with Crippen LogP contribution in [-0.4, -0.2) is 37.7 Å². The molecule has 1 unspecified atom stereocenters. The first-order valence-corrected chi connectivity index (χ1v) is 4.52. The Morgan fingerprint density at radius 3 is 3.08 bits per heavy atom. The molecule has 1 aliphatic heterocycles. The first-order chi connectivity index (χ1) is 5.83. The maximum atomic E-state index is 8.63. The van der Waals surface area contributed by atoms with Crippen molar-refractivity contribution in [2.45, 2.75) is 13.3 Å². The van der Waals surface area contributed by atoms with Crippen molar-refractivity contribution in [3.8, 4) is 6.07 Å². The Bertz CT molecular complexity index is 156. The van der Waals surface area contributed by atoms with Gasteiger partial charge < -0.3 is 4.74 Å². The summed E-state index contributed by atoms with van der Waals surface area (Å²) in [4.78, 5) is 2.31. The molecule has 12 heavy (non-hydrogen) atoms. The molecular formula is C9H16N2O. The van der Waals surface area contributed by atoms with Gasteiger partial charge in [-0.1, -0.05) is 0 Å². The highest BCUT2D eigenvalue weighted by atomic mass is 16.5. The quantitative estimate of drug-likeness (QED) is 0.613. The minimum Gasteiger partial charge on any atom is -0.380 e. The third-order valence-corrected chi connectivity index (χ3v) is 2.07. The number of nitriles is 1. The third-order valence-electron chi connectivity index (χ3n) is 2.07. The molecule has 0 amide bonds. The van der Waals surface area contributed by atoms with Crippen LogP contribution in [0, 0.1) is 17.2 Å². The van der Waals surface area contributed by atoms with Gasteiger partial charge in [0.05, 0.1) is 18.6 Å². The van der Waals surface area contributed by atoms with Crippen molar-refractivity contribution in [1.82, 2.24) is 4.90 Å². The molecule has 1 heterocycles. The van der Waals surface area contributed by atoms with Crippen molar-refractivity contribution in [2.24, 2.45) is 5.92 Å². The van der Waals surface area contributed by atoms with Crippen molar-refractivity contribution in [3.63, 3.8) is 0 Å². The fraction of sp³-hybridized carbons (Fsp3) is 0.889. The molecule has 3 nitrogen and oxygen atoms in total. The second-order valence-electron chi connectivity index (χ2n) is 3.30. The van der Waals surface area contributed by atoms with E-state index in [1.54, 1.807) is 0 Å². The van der Waals surface area contributed by atoms with Crippen LogP contribution in [0.2, 0.25) is 0 Å². The van der Waals surface area contributed by atoms with E-state index in [2.05, 4.69) is 11.0 Å². The number of hydrogen-bond acceptors (Lipinski definition) is 3. The van der Waals surface area contributed by atoms with Crippen LogP contribution in [0.4, 0.5) is 0 Å². The van der Waals surface area contributed by atoms with Crippen molar-refractivity contribution in [2.75, 3.05) is 32.8 Å². The molecule has 0 aromatic heterocycles. The van der Waals surface area contributed by atoms with E-state index < -0.39 is 0 Å². The van der Waals surface area contributed by atoms with Crippen LogP contribution in [-0.2, 0) is 4.74 Å². The molecule has 1 fully saturated rings. The Hall–Kier alpha value is -0.590. The summed E-state index contributed by atoms with van der Waals surface area (Å²) in [6, 6.07) is 2.25. The van der Waals surface area contributed by atoms with Crippen LogP contribution in [0.1, 0.15) is 13.3 Å². The summed E-state index contributed by atoms with van der Waals surface area (Å²) in [5.41, 5.74) is 0. The molecule has 1 saturated heterocycles. The zero-order chi connectivity index (χ0) is 8.81. The molecule has 0 aromatic carbocycles. The number of hydrogen-bond donors (Lipinski definition) is 0. The molecule has 0 bridgehead atoms. The fourth-order valence-electron chi connectivity index (χ4n) is 1.41. The Kier molecular flexibility index (Phi) is 4.06. The van der Waals surface area contributed by atoms with E-state index in [4.69, 9.17) is 10.00 Å². The van der Waals surface area contributed by atoms with E-state index in [1.165, 1.54) is 0 Å². The lowest BCUT2D eigenvalue weighted by atomic mass is 10.2. The summed E-state index contributed by atoms with van der Waals surface area (Å²) in [6.45, 7) is 6.60. The highest BCUT2D eigenvalue weighted by Crippen LogP contribution is 2.02. The maximum Gasteiger partial charge on any atom is 0.0666 e. The monoisotopic (exact) mass is 168 g/mol. The summed E-state index contributed by atoms with van der Waals surface area (Å²) in [6.07, 6.45) is 1.10. The molecule has 0 saturated carbocycles. The van der Waals surface area contributed by atoms with Gasteiger partial charge in [-0.25, -0.2) is 0 Å². The van der Waals surface area contributed by atoms with Gasteiger partial charge in [0.15, 0.2) is 0 Å². The van der Waals surface area contributed by atoms with Crippen LogP contribution in [0.3, 0.4) is 0 Å². The molecule has 0 spiro atoms. The van der Waals surface area contributed by atoms with Gasteiger partial charge in [-0.15, -0.1) is 0 Å². The van der Waals surface area contributed by atoms with Crippen molar-refractivity contribution in [1.29, 1.82) is 5.26 Å². The van der Waals surface area contributed by atoms with Gasteiger partial charge in [0.25, 0.3) is 0 Å². The van der Waals surface area contributed by atoms with Crippen LogP contribution in [0.15, 0.2) is 0 Å². The van der Waals surface area contributed by atoms with Gasteiger partial charge in [0.2, 0.25) is 0 Å². The number of ether oxygens (including phenoxy) is 1. The Balaban J connectivity index is 2.25. The number of nitrogens with zero attached hydrogens (tertiary/aromatic N) is 2. The molecule has 1 rings (SSSR count). The van der Waals surface area contributed by atoms with E-state index in [1.807, 2.05) is 6.92 Å². The average Bonchev–Trinajstić information content (AvgIpc) is 2.33. The Morgan fingerprint density at radius 2 is 2.33 bits per heavy atom. The summed E-state index contributed by atoms with van der Waals surface area (Å²) in [5.74, 6) is 0.142. The average molecular weight is 168 g/mol. The summed E-state index contributed by atoms with van der Waals surface area (Å²) < 4.78 is 5.32. The van der Waals surface area contributed by atoms with E-state index in [0.29, 0.717) is 0 Å². The zero-order valence-electron chi connectivity index (χ0n) is 7.62. The molecule has 68 valence electrons. The molecular weight excluding hydrogens is 152 g/mol. The highest BCUT2D eigenvalue weighted by molar-refractivity contribution is 4.81. The van der Waals surface area contributed by atoms with Crippen molar-refractivity contribution >= 4 is 0 Å². The van der Waals surface area contributed by atoms with E-state index in [-0.39, 0.29) is 5.92 Å². The highest BCUT2D eigenvalue weighted by Gasteiger charge is 2.11. The first-order valence-electron chi connectivity index (χ1n) is 4.52. The van der Waals surface area contributed by atoms with Gasteiger partial charge in [0, 0.05) is 26.2 Å². The molecule has 3 heteroatoms. The van der Waals surface area contributed by atoms with Crippen molar-refractivity contribution < 1.29 is 4.74 Å². The van der Waals surface area contributed by atoms with Gasteiger partial charge in [-0.3, -0.25) is 4.90 Å². The van der Waals surface area contributed by atoms with Crippen LogP contribution in [0.5, 0.6) is 0 Å². The summed E-state index contributed by atoms with van der Waals surface area (Å²) >= 11 is 0. The van der Waals surface area contributed by atoms with Crippen LogP contribution >= 0.6 is 0 Å². The van der Waals surface area contributed by atoms with Gasteiger partial charge in [-0.2, -0.15) is 5.26 Å². The lowest BCUT2D eigenvalue weighted by Gasteiger charge is -2.19. The molecule has 0 aromatic rings. The second-order valence-corrected chi connectivity index (χ2v) is 3.30. The minimum absolute atomic E-state index is 0.142. The number of rotatable bonds is 2. The SMILES string of the molecule is CC(C#N)CN1CCCOCC1. The maximum absolute atomic E-state index is 8.63. The molecule has 0 N–H and O–H groups in total. The standard InChI is InChI=1S/C9H16N2O/c1-9(7-10)8-11-3-2-5-12-6-4-11/h9H,2-6,8H2,1H3. The third kappa shape index (κ3) is 3.21. The van der Waals surface area contributed by atoms with E-state index >= 15 is 0 Å². The lowest BCUT2D eigenvalue weighted by molar-refractivity contribution is 0.140.